The molecule has 0 unspecified atom stereocenters. The lowest BCUT2D eigenvalue weighted by molar-refractivity contribution is -0.147. The zero-order valence-electron chi connectivity index (χ0n) is 15.0. The van der Waals surface area contributed by atoms with Gasteiger partial charge in [0, 0.05) is 32.7 Å². The lowest BCUT2D eigenvalue weighted by atomic mass is 9.66. The van der Waals surface area contributed by atoms with Crippen molar-refractivity contribution in [1.82, 2.24) is 4.90 Å². The Hall–Kier alpha value is -1.66. The number of hydrogen-bond acceptors (Lipinski definition) is 6. The highest BCUT2D eigenvalue weighted by atomic mass is 16.5. The molecule has 2 heterocycles. The molecule has 1 saturated carbocycles. The Balaban J connectivity index is 1.89. The lowest BCUT2D eigenvalue weighted by Gasteiger charge is -2.50. The fourth-order valence-electron chi connectivity index (χ4n) is 5.44. The van der Waals surface area contributed by atoms with Crippen molar-refractivity contribution in [3.63, 3.8) is 0 Å². The number of carbonyl (C=O) groups is 2. The van der Waals surface area contributed by atoms with E-state index in [9.17, 15) is 9.59 Å². The molecule has 0 radical (unpaired) electrons. The molecule has 3 fully saturated rings. The predicted octanol–water partition coefficient (Wildman–Crippen LogP) is 1.46. The summed E-state index contributed by atoms with van der Waals surface area (Å²) >= 11 is 0. The number of methoxy groups -OCH3 is 3. The Morgan fingerprint density at radius 1 is 1.24 bits per heavy atom. The molecular formula is C19H25NO5. The molecular weight excluding hydrogens is 322 g/mol. The number of nitrogens with zero attached hydrogens (tertiary/aromatic N) is 1. The highest BCUT2D eigenvalue weighted by molar-refractivity contribution is 5.91. The van der Waals surface area contributed by atoms with Crippen LogP contribution in [0.1, 0.15) is 25.7 Å². The van der Waals surface area contributed by atoms with Gasteiger partial charge in [0.15, 0.2) is 0 Å². The van der Waals surface area contributed by atoms with Crippen LogP contribution in [0, 0.1) is 11.3 Å². The first kappa shape index (κ1) is 16.8. The Labute approximate surface area is 147 Å². The normalized spacial score (nSPS) is 40.6. The largest absolute Gasteiger partial charge is 0.468 e. The maximum atomic E-state index is 12.7. The van der Waals surface area contributed by atoms with E-state index in [1.54, 1.807) is 13.2 Å². The summed E-state index contributed by atoms with van der Waals surface area (Å²) in [5, 5.41) is 0. The van der Waals surface area contributed by atoms with Crippen LogP contribution in [-0.4, -0.2) is 62.9 Å². The minimum atomic E-state index is -0.682. The summed E-state index contributed by atoms with van der Waals surface area (Å²) in [6.45, 7) is 1.82. The van der Waals surface area contributed by atoms with Crippen LogP contribution >= 0.6 is 0 Å². The molecule has 0 amide bonds. The van der Waals surface area contributed by atoms with Crippen LogP contribution in [0.2, 0.25) is 0 Å². The Kier molecular flexibility index (Phi) is 3.81. The van der Waals surface area contributed by atoms with Gasteiger partial charge < -0.3 is 14.2 Å². The van der Waals surface area contributed by atoms with E-state index >= 15 is 0 Å². The summed E-state index contributed by atoms with van der Waals surface area (Å²) in [7, 11) is 4.52. The van der Waals surface area contributed by atoms with Crippen molar-refractivity contribution in [1.29, 1.82) is 0 Å². The molecule has 2 saturated heterocycles. The van der Waals surface area contributed by atoms with Crippen molar-refractivity contribution in [3.05, 3.63) is 23.3 Å². The summed E-state index contributed by atoms with van der Waals surface area (Å²) in [5.74, 6) is -0.429. The second-order valence-electron chi connectivity index (χ2n) is 7.53. The van der Waals surface area contributed by atoms with Gasteiger partial charge in [0.05, 0.1) is 31.3 Å². The van der Waals surface area contributed by atoms with Crippen LogP contribution in [0.3, 0.4) is 0 Å². The number of fused-ring (bicyclic) bond motifs is 1. The summed E-state index contributed by atoms with van der Waals surface area (Å²) in [6.07, 6.45) is 7.24. The van der Waals surface area contributed by atoms with Gasteiger partial charge in [-0.3, -0.25) is 9.69 Å². The molecule has 136 valence electrons. The first-order chi connectivity index (χ1) is 12.0. The first-order valence-corrected chi connectivity index (χ1v) is 8.89. The summed E-state index contributed by atoms with van der Waals surface area (Å²) in [4.78, 5) is 27.4. The lowest BCUT2D eigenvalue weighted by Crippen LogP contribution is -2.57. The maximum Gasteiger partial charge on any atom is 0.330 e. The molecule has 2 aliphatic heterocycles. The van der Waals surface area contributed by atoms with Gasteiger partial charge in [-0.1, -0.05) is 6.08 Å². The number of esters is 2. The molecule has 6 heteroatoms. The van der Waals surface area contributed by atoms with Crippen LogP contribution in [-0.2, 0) is 23.8 Å². The van der Waals surface area contributed by atoms with Gasteiger partial charge in [-0.2, -0.15) is 0 Å². The van der Waals surface area contributed by atoms with Crippen LogP contribution in [0.4, 0.5) is 0 Å². The minimum Gasteiger partial charge on any atom is -0.468 e. The number of rotatable bonds is 3. The van der Waals surface area contributed by atoms with Crippen molar-refractivity contribution in [2.75, 3.05) is 34.4 Å². The van der Waals surface area contributed by atoms with Crippen molar-refractivity contribution in [3.8, 4) is 0 Å². The molecule has 0 aromatic heterocycles. The molecule has 1 spiro atoms. The van der Waals surface area contributed by atoms with E-state index < -0.39 is 16.9 Å². The molecule has 2 aliphatic carbocycles. The van der Waals surface area contributed by atoms with E-state index in [0.717, 1.165) is 44.3 Å². The fourth-order valence-corrected chi connectivity index (χ4v) is 5.44. The van der Waals surface area contributed by atoms with Gasteiger partial charge in [0.25, 0.3) is 0 Å². The van der Waals surface area contributed by atoms with Gasteiger partial charge in [0.1, 0.15) is 0 Å². The van der Waals surface area contributed by atoms with Gasteiger partial charge in [-0.25, -0.2) is 4.79 Å². The summed E-state index contributed by atoms with van der Waals surface area (Å²) < 4.78 is 15.7. The average Bonchev–Trinajstić information content (AvgIpc) is 3.26. The smallest absolute Gasteiger partial charge is 0.330 e. The Morgan fingerprint density at radius 2 is 2.04 bits per heavy atom. The average molecular weight is 347 g/mol. The zero-order valence-corrected chi connectivity index (χ0v) is 15.0. The first-order valence-electron chi connectivity index (χ1n) is 8.89. The fraction of sp³-hybridized carbons (Fsp3) is 0.684. The molecule has 4 rings (SSSR count). The monoisotopic (exact) mass is 347 g/mol. The van der Waals surface area contributed by atoms with Gasteiger partial charge in [-0.05, 0) is 36.3 Å². The second-order valence-corrected chi connectivity index (χ2v) is 7.53. The van der Waals surface area contributed by atoms with E-state index in [4.69, 9.17) is 14.2 Å². The van der Waals surface area contributed by atoms with E-state index in [1.165, 1.54) is 19.8 Å². The van der Waals surface area contributed by atoms with Gasteiger partial charge in [0.2, 0.25) is 0 Å². The number of hydrogen-bond donors (Lipinski definition) is 0. The van der Waals surface area contributed by atoms with Gasteiger partial charge in [-0.15, -0.1) is 0 Å². The molecule has 0 N–H and O–H groups in total. The topological polar surface area (TPSA) is 65.1 Å². The Morgan fingerprint density at radius 3 is 2.72 bits per heavy atom. The number of ether oxygens (including phenoxy) is 3. The maximum absolute atomic E-state index is 12.7. The third-order valence-corrected chi connectivity index (χ3v) is 6.69. The number of piperidine rings is 1. The van der Waals surface area contributed by atoms with E-state index in [1.807, 2.05) is 0 Å². The summed E-state index contributed by atoms with van der Waals surface area (Å²) in [5.41, 5.74) is 1.08. The van der Waals surface area contributed by atoms with Crippen LogP contribution in [0.5, 0.6) is 0 Å². The number of carbonyl (C=O) groups excluding carboxylic acids is 2. The third-order valence-electron chi connectivity index (χ3n) is 6.69. The van der Waals surface area contributed by atoms with E-state index in [-0.39, 0.29) is 18.0 Å². The molecule has 4 atom stereocenters. The molecule has 0 aromatic carbocycles. The zero-order chi connectivity index (χ0) is 17.8. The third kappa shape index (κ3) is 2.10. The van der Waals surface area contributed by atoms with E-state index in [0.29, 0.717) is 0 Å². The van der Waals surface area contributed by atoms with Crippen molar-refractivity contribution in [2.45, 2.75) is 37.3 Å². The minimum absolute atomic E-state index is 0.0791. The second kappa shape index (κ2) is 5.68. The molecule has 0 aromatic rings. The molecule has 6 nitrogen and oxygen atoms in total. The Bertz CT molecular complexity index is 683. The van der Waals surface area contributed by atoms with Crippen LogP contribution < -0.4 is 0 Å². The molecule has 25 heavy (non-hydrogen) atoms. The van der Waals surface area contributed by atoms with Crippen molar-refractivity contribution < 1.29 is 23.8 Å². The van der Waals surface area contributed by atoms with Crippen molar-refractivity contribution >= 4 is 11.9 Å². The van der Waals surface area contributed by atoms with Crippen LogP contribution in [0.15, 0.2) is 23.3 Å². The van der Waals surface area contributed by atoms with E-state index in [2.05, 4.69) is 11.0 Å². The molecule has 4 aliphatic rings. The highest BCUT2D eigenvalue weighted by Crippen LogP contribution is 2.69. The quantitative estimate of drug-likeness (QED) is 0.437. The molecule has 0 bridgehead atoms. The SMILES string of the molecule is COC(=O)C=C1[C@@]2(C(=O)OC)C[C@H]2CN2CCC3=CC[C@H](OC)C[C@]312. The van der Waals surface area contributed by atoms with Crippen molar-refractivity contribution in [2.24, 2.45) is 11.3 Å². The summed E-state index contributed by atoms with van der Waals surface area (Å²) in [6, 6.07) is 0. The standard InChI is InChI=1S/C19H25NO5/c1-23-14-5-4-12-6-7-20-11-13-9-18(13,17(22)25-3)15(8-16(21)24-2)19(12,20)10-14/h4,8,13-14H,5-7,9-11H2,1-3H3/t13-,14-,18+,19-/m0/s1. The van der Waals surface area contributed by atoms with Crippen LogP contribution in [0.25, 0.3) is 0 Å². The highest BCUT2D eigenvalue weighted by Gasteiger charge is 2.73. The predicted molar refractivity (Wildman–Crippen MR) is 89.7 cm³/mol. The van der Waals surface area contributed by atoms with Gasteiger partial charge >= 0.3 is 11.9 Å².